The second kappa shape index (κ2) is 4.74. The Morgan fingerprint density at radius 1 is 0.857 bits per heavy atom. The molecule has 0 N–H and O–H groups in total. The molecule has 0 atom stereocenters. The van der Waals surface area contributed by atoms with Crippen LogP contribution in [0.1, 0.15) is 5.56 Å². The predicted molar refractivity (Wildman–Crippen MR) is 88.7 cm³/mol. The molecule has 0 fully saturated rings. The first-order chi connectivity index (χ1) is 10.3. The van der Waals surface area contributed by atoms with Crippen molar-refractivity contribution in [1.29, 1.82) is 0 Å². The van der Waals surface area contributed by atoms with E-state index in [-0.39, 0.29) is 0 Å². The highest BCUT2D eigenvalue weighted by atomic mass is 15.3. The maximum absolute atomic E-state index is 2.32. The minimum absolute atomic E-state index is 0.866. The summed E-state index contributed by atoms with van der Waals surface area (Å²) in [6, 6.07) is 23.5. The number of rotatable bonds is 1. The fourth-order valence-corrected chi connectivity index (χ4v) is 3.09. The normalized spacial score (nSPS) is 14.0. The van der Waals surface area contributed by atoms with Gasteiger partial charge in [0.1, 0.15) is 0 Å². The Morgan fingerprint density at radius 2 is 1.62 bits per heavy atom. The Balaban J connectivity index is 1.92. The van der Waals surface area contributed by atoms with Crippen LogP contribution in [0.5, 0.6) is 0 Å². The van der Waals surface area contributed by atoms with E-state index in [0.29, 0.717) is 0 Å². The lowest BCUT2D eigenvalue weighted by atomic mass is 10.0. The Kier molecular flexibility index (Phi) is 2.74. The summed E-state index contributed by atoms with van der Waals surface area (Å²) in [6.07, 6.45) is 2.25. The number of nitrogens with zero attached hydrogens (tertiary/aromatic N) is 2. The highest BCUT2D eigenvalue weighted by Crippen LogP contribution is 2.32. The molecule has 0 spiro atoms. The van der Waals surface area contributed by atoms with E-state index in [2.05, 4.69) is 89.5 Å². The third kappa shape index (κ3) is 2.00. The molecule has 2 heteroatoms. The predicted octanol–water partition coefficient (Wildman–Crippen LogP) is 4.01. The van der Waals surface area contributed by atoms with Crippen LogP contribution >= 0.6 is 0 Å². The molecule has 21 heavy (non-hydrogen) atoms. The molecule has 1 aliphatic rings. The average Bonchev–Trinajstić information content (AvgIpc) is 2.55. The molecule has 3 aromatic carbocycles. The van der Waals surface area contributed by atoms with E-state index < -0.39 is 0 Å². The first-order valence-corrected chi connectivity index (χ1v) is 7.22. The molecule has 0 unspecified atom stereocenters. The largest absolute Gasteiger partial charge is 0.318 e. The lowest BCUT2D eigenvalue weighted by Crippen LogP contribution is -2.32. The van der Waals surface area contributed by atoms with E-state index >= 15 is 0 Å². The summed E-state index contributed by atoms with van der Waals surface area (Å²) >= 11 is 0. The molecule has 0 amide bonds. The molecule has 0 aromatic heterocycles. The van der Waals surface area contributed by atoms with Gasteiger partial charge in [-0.05, 0) is 11.5 Å². The smallest absolute Gasteiger partial charge is 0.224 e. The molecule has 4 rings (SSSR count). The molecule has 102 valence electrons. The van der Waals surface area contributed by atoms with Crippen molar-refractivity contribution in [3.63, 3.8) is 0 Å². The van der Waals surface area contributed by atoms with Gasteiger partial charge in [0.05, 0.1) is 11.3 Å². The number of para-hydroxylation sites is 1. The number of anilines is 1. The van der Waals surface area contributed by atoms with E-state index in [4.69, 9.17) is 0 Å². The van der Waals surface area contributed by atoms with Crippen molar-refractivity contribution in [2.24, 2.45) is 0 Å². The zero-order chi connectivity index (χ0) is 14.2. The number of fused-ring (bicyclic) bond motifs is 3. The van der Waals surface area contributed by atoms with Gasteiger partial charge in [-0.15, -0.1) is 0 Å². The summed E-state index contributed by atoms with van der Waals surface area (Å²) in [7, 11) is 2.16. The van der Waals surface area contributed by atoms with Gasteiger partial charge in [0.25, 0.3) is 0 Å². The number of hydrogen-bond donors (Lipinski definition) is 0. The quantitative estimate of drug-likeness (QED) is 0.607. The number of hydrogen-bond acceptors (Lipinski definition) is 1. The molecule has 0 radical (unpaired) electrons. The van der Waals surface area contributed by atoms with Crippen LogP contribution in [-0.2, 0) is 0 Å². The highest BCUT2D eigenvalue weighted by molar-refractivity contribution is 6.03. The Labute approximate surface area is 124 Å². The summed E-state index contributed by atoms with van der Waals surface area (Å²) in [5.74, 6) is 0. The maximum Gasteiger partial charge on any atom is 0.224 e. The average molecular weight is 273 g/mol. The number of benzene rings is 3. The van der Waals surface area contributed by atoms with Gasteiger partial charge in [0.2, 0.25) is 12.4 Å². The van der Waals surface area contributed by atoms with Gasteiger partial charge in [-0.1, -0.05) is 48.5 Å². The topological polar surface area (TPSA) is 6.25 Å². The highest BCUT2D eigenvalue weighted by Gasteiger charge is 2.23. The third-order valence-corrected chi connectivity index (χ3v) is 4.06. The molecule has 0 bridgehead atoms. The van der Waals surface area contributed by atoms with Crippen molar-refractivity contribution < 1.29 is 4.58 Å². The van der Waals surface area contributed by atoms with Crippen LogP contribution in [0.3, 0.4) is 0 Å². The maximum atomic E-state index is 2.32. The van der Waals surface area contributed by atoms with Crippen molar-refractivity contribution in [3.8, 4) is 0 Å². The van der Waals surface area contributed by atoms with Gasteiger partial charge < -0.3 is 4.90 Å². The zero-order valence-corrected chi connectivity index (χ0v) is 12.0. The second-order valence-electron chi connectivity index (χ2n) is 5.50. The first kappa shape index (κ1) is 12.2. The molecular weight excluding hydrogens is 256 g/mol. The summed E-state index contributed by atoms with van der Waals surface area (Å²) in [4.78, 5) is 2.32. The van der Waals surface area contributed by atoms with Crippen LogP contribution in [0, 0.1) is 0 Å². The summed E-state index contributed by atoms with van der Waals surface area (Å²) in [6.45, 7) is 0.866. The fourth-order valence-electron chi connectivity index (χ4n) is 3.09. The van der Waals surface area contributed by atoms with E-state index in [1.54, 1.807) is 0 Å². The van der Waals surface area contributed by atoms with Gasteiger partial charge in [-0.25, -0.2) is 0 Å². The van der Waals surface area contributed by atoms with E-state index in [1.165, 1.54) is 27.7 Å². The van der Waals surface area contributed by atoms with Crippen molar-refractivity contribution in [2.45, 2.75) is 0 Å². The van der Waals surface area contributed by atoms with Crippen LogP contribution in [0.2, 0.25) is 0 Å². The lowest BCUT2D eigenvalue weighted by molar-refractivity contribution is -0.435. The van der Waals surface area contributed by atoms with E-state index in [9.17, 15) is 0 Å². The van der Waals surface area contributed by atoms with Crippen molar-refractivity contribution in [3.05, 3.63) is 72.3 Å². The minimum atomic E-state index is 0.866. The van der Waals surface area contributed by atoms with Gasteiger partial charge >= 0.3 is 0 Å². The van der Waals surface area contributed by atoms with Crippen LogP contribution in [0.25, 0.3) is 10.8 Å². The molecule has 1 aliphatic heterocycles. The molecule has 2 nitrogen and oxygen atoms in total. The summed E-state index contributed by atoms with van der Waals surface area (Å²) in [5.41, 5.74) is 3.81. The summed E-state index contributed by atoms with van der Waals surface area (Å²) < 4.78 is 2.29. The first-order valence-electron chi connectivity index (χ1n) is 7.22. The monoisotopic (exact) mass is 273 g/mol. The molecule has 3 aromatic rings. The van der Waals surface area contributed by atoms with Crippen molar-refractivity contribution in [1.82, 2.24) is 0 Å². The van der Waals surface area contributed by atoms with E-state index in [1.807, 2.05) is 0 Å². The van der Waals surface area contributed by atoms with Crippen molar-refractivity contribution >= 4 is 28.4 Å². The van der Waals surface area contributed by atoms with Gasteiger partial charge in [-0.3, -0.25) is 0 Å². The van der Waals surface area contributed by atoms with Crippen LogP contribution in [-0.4, -0.2) is 24.5 Å². The third-order valence-electron chi connectivity index (χ3n) is 4.06. The standard InChI is InChI=1S/C19H17N2/c1-20-14-21(17-8-3-2-4-9-17)13-16-12-11-15-7-5-6-10-18(15)19(16)20/h2-13H,14H2,1H3/q+1. The molecule has 0 saturated carbocycles. The molecular formula is C19H17N2+. The fraction of sp³-hybridized carbons (Fsp3) is 0.105. The molecule has 1 heterocycles. The van der Waals surface area contributed by atoms with Crippen LogP contribution in [0.15, 0.2) is 66.7 Å². The van der Waals surface area contributed by atoms with Crippen LogP contribution in [0.4, 0.5) is 11.4 Å². The van der Waals surface area contributed by atoms with Gasteiger partial charge in [-0.2, -0.15) is 4.58 Å². The van der Waals surface area contributed by atoms with Crippen molar-refractivity contribution in [2.75, 3.05) is 18.6 Å². The summed E-state index contributed by atoms with van der Waals surface area (Å²) in [5, 5.41) is 2.62. The van der Waals surface area contributed by atoms with E-state index in [0.717, 1.165) is 6.67 Å². The molecule has 0 aliphatic carbocycles. The van der Waals surface area contributed by atoms with Crippen LogP contribution < -0.4 is 4.90 Å². The SMILES string of the molecule is CN1C[N+](c2ccccc2)=Cc2ccc3ccccc3c21. The zero-order valence-electron chi connectivity index (χ0n) is 12.0. The lowest BCUT2D eigenvalue weighted by Gasteiger charge is -2.25. The molecule has 0 saturated heterocycles. The Morgan fingerprint density at radius 3 is 2.48 bits per heavy atom. The van der Waals surface area contributed by atoms with Gasteiger partial charge in [0, 0.05) is 24.6 Å². The minimum Gasteiger partial charge on any atom is -0.318 e. The second-order valence-corrected chi connectivity index (χ2v) is 5.50. The van der Waals surface area contributed by atoms with Gasteiger partial charge in [0.15, 0.2) is 6.21 Å². The Bertz CT molecular complexity index is 835. The Hall–Kier alpha value is -2.61.